The van der Waals surface area contributed by atoms with Crippen molar-refractivity contribution in [2.75, 3.05) is 13.1 Å². The summed E-state index contributed by atoms with van der Waals surface area (Å²) in [4.78, 5) is 35.5. The number of carboxylic acid groups (broad SMARTS) is 1. The number of likely N-dealkylation sites (tertiary alicyclic amines) is 1. The van der Waals surface area contributed by atoms with Crippen LogP contribution in [-0.4, -0.2) is 41.0 Å². The lowest BCUT2D eigenvalue weighted by Crippen LogP contribution is -2.42. The van der Waals surface area contributed by atoms with Gasteiger partial charge in [0.1, 0.15) is 0 Å². The highest BCUT2D eigenvalue weighted by Crippen LogP contribution is 2.18. The quantitative estimate of drug-likeness (QED) is 0.791. The summed E-state index contributed by atoms with van der Waals surface area (Å²) < 4.78 is 0. The second-order valence-corrected chi connectivity index (χ2v) is 5.27. The molecule has 1 fully saturated rings. The number of carboxylic acids is 1. The Kier molecular flexibility index (Phi) is 5.79. The van der Waals surface area contributed by atoms with Crippen LogP contribution < -0.4 is 5.32 Å². The minimum absolute atomic E-state index is 0.0586. The highest BCUT2D eigenvalue weighted by atomic mass is 16.4. The number of carbonyl (C=O) groups excluding carboxylic acids is 2. The molecule has 1 saturated heterocycles. The average molecular weight is 270 g/mol. The topological polar surface area (TPSA) is 86.7 Å². The first-order valence-electron chi connectivity index (χ1n) is 6.72. The fourth-order valence-electron chi connectivity index (χ4n) is 2.29. The lowest BCUT2D eigenvalue weighted by atomic mass is 10.0. The van der Waals surface area contributed by atoms with Crippen molar-refractivity contribution in [1.29, 1.82) is 0 Å². The van der Waals surface area contributed by atoms with Gasteiger partial charge in [0.15, 0.2) is 0 Å². The molecule has 2 atom stereocenters. The van der Waals surface area contributed by atoms with Crippen molar-refractivity contribution < 1.29 is 19.5 Å². The van der Waals surface area contributed by atoms with E-state index in [0.717, 1.165) is 12.8 Å². The summed E-state index contributed by atoms with van der Waals surface area (Å²) in [6, 6.07) is -0.358. The van der Waals surface area contributed by atoms with Crippen LogP contribution in [0, 0.1) is 11.8 Å². The minimum Gasteiger partial charge on any atom is -0.481 e. The number of hydrogen-bond acceptors (Lipinski definition) is 3. The van der Waals surface area contributed by atoms with E-state index in [0.29, 0.717) is 19.0 Å². The summed E-state index contributed by atoms with van der Waals surface area (Å²) in [6.07, 6.45) is 2.01. The van der Waals surface area contributed by atoms with Crippen molar-refractivity contribution in [2.24, 2.45) is 11.8 Å². The number of imide groups is 1. The molecule has 0 saturated carbocycles. The number of rotatable bonds is 5. The maximum Gasteiger partial charge on any atom is 0.324 e. The van der Waals surface area contributed by atoms with Gasteiger partial charge in [0.05, 0.1) is 0 Å². The number of urea groups is 1. The molecule has 1 aliphatic rings. The lowest BCUT2D eigenvalue weighted by Gasteiger charge is -2.17. The highest BCUT2D eigenvalue weighted by Gasteiger charge is 2.26. The molecule has 3 amide bonds. The van der Waals surface area contributed by atoms with Crippen LogP contribution in [0.25, 0.3) is 0 Å². The van der Waals surface area contributed by atoms with E-state index < -0.39 is 11.9 Å². The van der Waals surface area contributed by atoms with Crippen molar-refractivity contribution in [3.8, 4) is 0 Å². The molecule has 0 bridgehead atoms. The molecule has 0 aliphatic carbocycles. The van der Waals surface area contributed by atoms with Crippen molar-refractivity contribution >= 4 is 17.9 Å². The maximum atomic E-state index is 11.8. The van der Waals surface area contributed by atoms with Gasteiger partial charge >= 0.3 is 12.0 Å². The van der Waals surface area contributed by atoms with E-state index in [1.165, 1.54) is 0 Å². The van der Waals surface area contributed by atoms with Gasteiger partial charge in [-0.2, -0.15) is 0 Å². The molecule has 108 valence electrons. The van der Waals surface area contributed by atoms with E-state index in [4.69, 9.17) is 5.11 Å². The molecular formula is C13H22N2O4. The molecule has 2 N–H and O–H groups in total. The number of nitrogens with one attached hydrogen (secondary N) is 1. The smallest absolute Gasteiger partial charge is 0.324 e. The molecular weight excluding hydrogens is 248 g/mol. The first kappa shape index (κ1) is 15.5. The second-order valence-electron chi connectivity index (χ2n) is 5.27. The molecule has 1 heterocycles. The van der Waals surface area contributed by atoms with Gasteiger partial charge in [-0.05, 0) is 18.3 Å². The van der Waals surface area contributed by atoms with Crippen molar-refractivity contribution in [3.63, 3.8) is 0 Å². The van der Waals surface area contributed by atoms with Gasteiger partial charge in [-0.1, -0.05) is 20.3 Å². The van der Waals surface area contributed by atoms with Crippen LogP contribution in [0.3, 0.4) is 0 Å². The largest absolute Gasteiger partial charge is 0.481 e. The van der Waals surface area contributed by atoms with Gasteiger partial charge < -0.3 is 10.0 Å². The van der Waals surface area contributed by atoms with Gasteiger partial charge in [0.25, 0.3) is 0 Å². The van der Waals surface area contributed by atoms with Crippen LogP contribution in [0.2, 0.25) is 0 Å². The van der Waals surface area contributed by atoms with Crippen LogP contribution in [0.15, 0.2) is 0 Å². The molecule has 0 aromatic heterocycles. The molecule has 0 radical (unpaired) electrons. The van der Waals surface area contributed by atoms with Gasteiger partial charge in [0.2, 0.25) is 5.91 Å². The summed E-state index contributed by atoms with van der Waals surface area (Å²) in [7, 11) is 0. The molecule has 6 nitrogen and oxygen atoms in total. The monoisotopic (exact) mass is 270 g/mol. The Morgan fingerprint density at radius 2 is 2.05 bits per heavy atom. The highest BCUT2D eigenvalue weighted by molar-refractivity contribution is 5.94. The molecule has 2 unspecified atom stereocenters. The van der Waals surface area contributed by atoms with E-state index in [1.54, 1.807) is 11.8 Å². The van der Waals surface area contributed by atoms with Crippen LogP contribution in [0.5, 0.6) is 0 Å². The number of amides is 3. The molecule has 0 aromatic carbocycles. The van der Waals surface area contributed by atoms with Gasteiger partial charge in [-0.3, -0.25) is 14.9 Å². The third-order valence-corrected chi connectivity index (χ3v) is 3.45. The fourth-order valence-corrected chi connectivity index (χ4v) is 2.29. The zero-order valence-electron chi connectivity index (χ0n) is 11.5. The Hall–Kier alpha value is -1.59. The minimum atomic E-state index is -0.933. The van der Waals surface area contributed by atoms with E-state index >= 15 is 0 Å². The van der Waals surface area contributed by atoms with E-state index in [9.17, 15) is 14.4 Å². The maximum absolute atomic E-state index is 11.8. The first-order valence-corrected chi connectivity index (χ1v) is 6.72. The predicted octanol–water partition coefficient (Wildman–Crippen LogP) is 1.46. The SMILES string of the molecule is CCC1CCN(C(=O)NC(=O)CC(C)CC(=O)O)C1. The van der Waals surface area contributed by atoms with E-state index in [-0.39, 0.29) is 24.8 Å². The Bertz CT molecular complexity index is 357. The Labute approximate surface area is 113 Å². The zero-order chi connectivity index (χ0) is 14.4. The van der Waals surface area contributed by atoms with Crippen LogP contribution >= 0.6 is 0 Å². The van der Waals surface area contributed by atoms with Gasteiger partial charge in [0, 0.05) is 25.9 Å². The van der Waals surface area contributed by atoms with E-state index in [1.807, 2.05) is 0 Å². The van der Waals surface area contributed by atoms with Crippen LogP contribution in [-0.2, 0) is 9.59 Å². The molecule has 1 rings (SSSR count). The molecule has 1 aliphatic heterocycles. The van der Waals surface area contributed by atoms with Crippen LogP contribution in [0.4, 0.5) is 4.79 Å². The van der Waals surface area contributed by atoms with Crippen LogP contribution in [0.1, 0.15) is 39.5 Å². The summed E-state index contributed by atoms with van der Waals surface area (Å²) in [5, 5.41) is 10.9. The van der Waals surface area contributed by atoms with Crippen molar-refractivity contribution in [3.05, 3.63) is 0 Å². The van der Waals surface area contributed by atoms with Gasteiger partial charge in [-0.25, -0.2) is 4.79 Å². The van der Waals surface area contributed by atoms with Gasteiger partial charge in [-0.15, -0.1) is 0 Å². The standard InChI is InChI=1S/C13H22N2O4/c1-3-10-4-5-15(8-10)13(19)14-11(16)6-9(2)7-12(17)18/h9-10H,3-8H2,1-2H3,(H,17,18)(H,14,16,19). The predicted molar refractivity (Wildman–Crippen MR) is 69.5 cm³/mol. The molecule has 6 heteroatoms. The summed E-state index contributed by atoms with van der Waals surface area (Å²) in [6.45, 7) is 5.15. The third kappa shape index (κ3) is 5.28. The van der Waals surface area contributed by atoms with Crippen molar-refractivity contribution in [2.45, 2.75) is 39.5 Å². The Morgan fingerprint density at radius 1 is 1.37 bits per heavy atom. The zero-order valence-corrected chi connectivity index (χ0v) is 11.5. The van der Waals surface area contributed by atoms with Crippen molar-refractivity contribution in [1.82, 2.24) is 10.2 Å². The molecule has 0 aromatic rings. The number of carbonyl (C=O) groups is 3. The number of hydrogen-bond donors (Lipinski definition) is 2. The summed E-state index contributed by atoms with van der Waals surface area (Å²) in [5.74, 6) is -1.09. The van der Waals surface area contributed by atoms with E-state index in [2.05, 4.69) is 12.2 Å². The lowest BCUT2D eigenvalue weighted by molar-refractivity contribution is -0.138. The number of aliphatic carboxylic acids is 1. The second kappa shape index (κ2) is 7.11. The Morgan fingerprint density at radius 3 is 2.58 bits per heavy atom. The number of nitrogens with zero attached hydrogens (tertiary/aromatic N) is 1. The molecule has 19 heavy (non-hydrogen) atoms. The normalized spacial score (nSPS) is 20.1. The fraction of sp³-hybridized carbons (Fsp3) is 0.769. The summed E-state index contributed by atoms with van der Waals surface area (Å²) in [5.41, 5.74) is 0. The third-order valence-electron chi connectivity index (χ3n) is 3.45. The molecule has 0 spiro atoms. The summed E-state index contributed by atoms with van der Waals surface area (Å²) >= 11 is 0. The Balaban J connectivity index is 2.32. The average Bonchev–Trinajstić information content (AvgIpc) is 2.75. The first-order chi connectivity index (χ1) is 8.92.